The van der Waals surface area contributed by atoms with Crippen LogP contribution < -0.4 is 11.1 Å². The average Bonchev–Trinajstić information content (AvgIpc) is 2.36. The molecule has 0 aromatic heterocycles. The molecule has 6 heteroatoms. The van der Waals surface area contributed by atoms with E-state index >= 15 is 0 Å². The van der Waals surface area contributed by atoms with Crippen LogP contribution in [0.1, 0.15) is 30.6 Å². The average molecular weight is 298 g/mol. The summed E-state index contributed by atoms with van der Waals surface area (Å²) < 4.78 is 22.7. The number of hydrogen-bond acceptors (Lipinski definition) is 4. The van der Waals surface area contributed by atoms with Crippen LogP contribution in [0.2, 0.25) is 0 Å². The summed E-state index contributed by atoms with van der Waals surface area (Å²) in [5.41, 5.74) is 6.06. The van der Waals surface area contributed by atoms with Gasteiger partial charge in [0.25, 0.3) is 5.91 Å². The zero-order valence-corrected chi connectivity index (χ0v) is 12.9. The van der Waals surface area contributed by atoms with Gasteiger partial charge in [0.2, 0.25) is 0 Å². The number of hydrogen-bond donors (Lipinski definition) is 2. The molecule has 1 atom stereocenters. The van der Waals surface area contributed by atoms with Crippen LogP contribution in [0.25, 0.3) is 0 Å². The summed E-state index contributed by atoms with van der Waals surface area (Å²) in [5.74, 6) is 0.206. The molecule has 20 heavy (non-hydrogen) atoms. The van der Waals surface area contributed by atoms with Crippen LogP contribution in [-0.4, -0.2) is 33.2 Å². The third-order valence-corrected chi connectivity index (χ3v) is 4.05. The molecule has 5 nitrogen and oxygen atoms in total. The highest BCUT2D eigenvalue weighted by molar-refractivity contribution is 7.90. The highest BCUT2D eigenvalue weighted by Gasteiger charge is 2.14. The molecule has 0 aliphatic rings. The quantitative estimate of drug-likeness (QED) is 0.825. The Morgan fingerprint density at radius 2 is 1.80 bits per heavy atom. The van der Waals surface area contributed by atoms with E-state index in [0.29, 0.717) is 18.0 Å². The molecule has 1 aromatic carbocycles. The summed E-state index contributed by atoms with van der Waals surface area (Å²) in [6.45, 7) is 4.51. The summed E-state index contributed by atoms with van der Waals surface area (Å²) in [4.78, 5) is 12.2. The molecule has 1 aromatic rings. The highest BCUT2D eigenvalue weighted by Crippen LogP contribution is 2.11. The number of nitrogens with one attached hydrogen (secondary N) is 1. The second-order valence-electron chi connectivity index (χ2n) is 5.33. The SMILES string of the molecule is CC(C)CC(CN)NC(=O)c1ccc(S(C)(=O)=O)cc1. The first-order valence-corrected chi connectivity index (χ1v) is 8.44. The second kappa shape index (κ2) is 6.85. The van der Waals surface area contributed by atoms with E-state index in [1.807, 2.05) is 0 Å². The monoisotopic (exact) mass is 298 g/mol. The summed E-state index contributed by atoms with van der Waals surface area (Å²) in [7, 11) is -3.24. The summed E-state index contributed by atoms with van der Waals surface area (Å²) >= 11 is 0. The third-order valence-electron chi connectivity index (χ3n) is 2.92. The van der Waals surface area contributed by atoms with Crippen molar-refractivity contribution in [3.8, 4) is 0 Å². The normalized spacial score (nSPS) is 13.2. The predicted octanol–water partition coefficient (Wildman–Crippen LogP) is 1.19. The van der Waals surface area contributed by atoms with Gasteiger partial charge in [-0.3, -0.25) is 4.79 Å². The van der Waals surface area contributed by atoms with E-state index in [0.717, 1.165) is 12.7 Å². The van der Waals surface area contributed by atoms with Gasteiger partial charge in [-0.05, 0) is 36.6 Å². The van der Waals surface area contributed by atoms with Crippen molar-refractivity contribution in [2.45, 2.75) is 31.2 Å². The van der Waals surface area contributed by atoms with Gasteiger partial charge in [-0.15, -0.1) is 0 Å². The van der Waals surface area contributed by atoms with Crippen LogP contribution >= 0.6 is 0 Å². The number of amides is 1. The lowest BCUT2D eigenvalue weighted by Gasteiger charge is -2.18. The molecule has 1 amide bonds. The fraction of sp³-hybridized carbons (Fsp3) is 0.500. The number of rotatable bonds is 6. The molecular formula is C14H22N2O3S. The van der Waals surface area contributed by atoms with Crippen LogP contribution in [-0.2, 0) is 9.84 Å². The van der Waals surface area contributed by atoms with Gasteiger partial charge in [0, 0.05) is 24.4 Å². The zero-order valence-electron chi connectivity index (χ0n) is 12.1. The molecule has 0 fully saturated rings. The van der Waals surface area contributed by atoms with Gasteiger partial charge < -0.3 is 11.1 Å². The van der Waals surface area contributed by atoms with Gasteiger partial charge in [-0.1, -0.05) is 13.8 Å². The van der Waals surface area contributed by atoms with Crippen molar-refractivity contribution >= 4 is 15.7 Å². The first-order valence-electron chi connectivity index (χ1n) is 6.55. The van der Waals surface area contributed by atoms with Crippen molar-refractivity contribution in [3.05, 3.63) is 29.8 Å². The van der Waals surface area contributed by atoms with Crippen LogP contribution in [0.15, 0.2) is 29.2 Å². The fourth-order valence-electron chi connectivity index (χ4n) is 1.91. The Labute approximate surface area is 120 Å². The lowest BCUT2D eigenvalue weighted by Crippen LogP contribution is -2.41. The first-order chi connectivity index (χ1) is 9.24. The molecule has 0 heterocycles. The lowest BCUT2D eigenvalue weighted by molar-refractivity contribution is 0.0933. The van der Waals surface area contributed by atoms with Gasteiger partial charge in [-0.25, -0.2) is 8.42 Å². The third kappa shape index (κ3) is 4.94. The van der Waals surface area contributed by atoms with E-state index in [2.05, 4.69) is 19.2 Å². The Morgan fingerprint density at radius 3 is 2.20 bits per heavy atom. The van der Waals surface area contributed by atoms with E-state index in [9.17, 15) is 13.2 Å². The minimum Gasteiger partial charge on any atom is -0.348 e. The highest BCUT2D eigenvalue weighted by atomic mass is 32.2. The predicted molar refractivity (Wildman–Crippen MR) is 79.3 cm³/mol. The lowest BCUT2D eigenvalue weighted by atomic mass is 10.0. The maximum atomic E-state index is 12.0. The van der Waals surface area contributed by atoms with Gasteiger partial charge in [0.15, 0.2) is 9.84 Å². The maximum Gasteiger partial charge on any atom is 0.251 e. The summed E-state index contributed by atoms with van der Waals surface area (Å²) in [5, 5.41) is 2.86. The largest absolute Gasteiger partial charge is 0.348 e. The topological polar surface area (TPSA) is 89.3 Å². The fourth-order valence-corrected chi connectivity index (χ4v) is 2.54. The Balaban J connectivity index is 2.77. The van der Waals surface area contributed by atoms with Crippen molar-refractivity contribution in [1.82, 2.24) is 5.32 Å². The Kier molecular flexibility index (Phi) is 5.71. The smallest absolute Gasteiger partial charge is 0.251 e. The Bertz CT molecular complexity index is 550. The number of carbonyl (C=O) groups is 1. The molecule has 0 saturated heterocycles. The van der Waals surface area contributed by atoms with E-state index in [-0.39, 0.29) is 16.8 Å². The van der Waals surface area contributed by atoms with E-state index in [4.69, 9.17) is 5.73 Å². The first kappa shape index (κ1) is 16.7. The number of sulfone groups is 1. The molecular weight excluding hydrogens is 276 g/mol. The molecule has 0 aliphatic carbocycles. The molecule has 0 aliphatic heterocycles. The molecule has 0 spiro atoms. The second-order valence-corrected chi connectivity index (χ2v) is 7.35. The van der Waals surface area contributed by atoms with Crippen LogP contribution in [0.4, 0.5) is 0 Å². The molecule has 0 saturated carbocycles. The van der Waals surface area contributed by atoms with Crippen LogP contribution in [0.3, 0.4) is 0 Å². The zero-order chi connectivity index (χ0) is 15.3. The minimum atomic E-state index is -3.24. The Morgan fingerprint density at radius 1 is 1.25 bits per heavy atom. The van der Waals surface area contributed by atoms with Crippen molar-refractivity contribution in [3.63, 3.8) is 0 Å². The maximum absolute atomic E-state index is 12.0. The summed E-state index contributed by atoms with van der Waals surface area (Å²) in [6, 6.07) is 5.81. The minimum absolute atomic E-state index is 0.0721. The van der Waals surface area contributed by atoms with Crippen LogP contribution in [0.5, 0.6) is 0 Å². The van der Waals surface area contributed by atoms with Gasteiger partial charge >= 0.3 is 0 Å². The van der Waals surface area contributed by atoms with Crippen molar-refractivity contribution in [2.75, 3.05) is 12.8 Å². The standard InChI is InChI=1S/C14H22N2O3S/c1-10(2)8-12(9-15)16-14(17)11-4-6-13(7-5-11)20(3,18)19/h4-7,10,12H,8-9,15H2,1-3H3,(H,16,17). The molecule has 0 radical (unpaired) electrons. The van der Waals surface area contributed by atoms with E-state index in [1.54, 1.807) is 0 Å². The van der Waals surface area contributed by atoms with Gasteiger partial charge in [0.1, 0.15) is 0 Å². The molecule has 3 N–H and O–H groups in total. The number of carbonyl (C=O) groups excluding carboxylic acids is 1. The number of nitrogens with two attached hydrogens (primary N) is 1. The molecule has 1 rings (SSSR count). The molecule has 112 valence electrons. The number of benzene rings is 1. The summed E-state index contributed by atoms with van der Waals surface area (Å²) in [6.07, 6.45) is 1.94. The Hall–Kier alpha value is -1.40. The molecule has 1 unspecified atom stereocenters. The van der Waals surface area contributed by atoms with Crippen LogP contribution in [0, 0.1) is 5.92 Å². The van der Waals surface area contributed by atoms with Gasteiger partial charge in [0.05, 0.1) is 4.90 Å². The van der Waals surface area contributed by atoms with E-state index < -0.39 is 9.84 Å². The molecule has 0 bridgehead atoms. The van der Waals surface area contributed by atoms with Crippen molar-refractivity contribution in [2.24, 2.45) is 11.7 Å². The van der Waals surface area contributed by atoms with Crippen molar-refractivity contribution in [1.29, 1.82) is 0 Å². The van der Waals surface area contributed by atoms with Gasteiger partial charge in [-0.2, -0.15) is 0 Å². The van der Waals surface area contributed by atoms with Crippen molar-refractivity contribution < 1.29 is 13.2 Å². The van der Waals surface area contributed by atoms with E-state index in [1.165, 1.54) is 24.3 Å².